The summed E-state index contributed by atoms with van der Waals surface area (Å²) in [6.45, 7) is 1.49. The number of carbonyl (C=O) groups is 1. The summed E-state index contributed by atoms with van der Waals surface area (Å²) >= 11 is 1.77. The van der Waals surface area contributed by atoms with Crippen molar-refractivity contribution in [2.45, 2.75) is 18.9 Å². The number of carbonyl (C=O) groups excluding carboxylic acids is 1. The van der Waals surface area contributed by atoms with Crippen LogP contribution in [0.1, 0.15) is 23.9 Å². The minimum absolute atomic E-state index is 0.0689. The van der Waals surface area contributed by atoms with Gasteiger partial charge in [-0.1, -0.05) is 48.5 Å². The Morgan fingerprint density at radius 1 is 1.07 bits per heavy atom. The summed E-state index contributed by atoms with van der Waals surface area (Å²) in [6, 6.07) is 22.8. The molecule has 2 atom stereocenters. The first-order chi connectivity index (χ1) is 13.8. The van der Waals surface area contributed by atoms with Crippen LogP contribution >= 0.6 is 11.3 Å². The molecule has 1 aromatic heterocycles. The number of fused-ring (bicyclic) bond motifs is 2. The molecule has 0 saturated carbocycles. The lowest BCUT2D eigenvalue weighted by atomic mass is 10.1. The summed E-state index contributed by atoms with van der Waals surface area (Å²) in [5, 5.41) is 6.51. The van der Waals surface area contributed by atoms with Crippen LogP contribution in [0, 0.1) is 0 Å². The molecule has 0 spiro atoms. The van der Waals surface area contributed by atoms with Crippen LogP contribution in [0.5, 0.6) is 0 Å². The molecule has 2 heterocycles. The van der Waals surface area contributed by atoms with Crippen molar-refractivity contribution in [1.82, 2.24) is 4.98 Å². The van der Waals surface area contributed by atoms with E-state index in [0.717, 1.165) is 46.4 Å². The van der Waals surface area contributed by atoms with E-state index in [0.29, 0.717) is 12.6 Å². The summed E-state index contributed by atoms with van der Waals surface area (Å²) in [7, 11) is 0. The Labute approximate surface area is 167 Å². The quantitative estimate of drug-likeness (QED) is 0.558. The SMILES string of the molecule is O=C(C[NH+]1CCC[C@H]1c1nc2ccccc2s1)Nc1cccc2ccccc12. The third-order valence-corrected chi connectivity index (χ3v) is 6.69. The maximum Gasteiger partial charge on any atom is 0.279 e. The molecular weight excluding hydrogens is 366 g/mol. The molecule has 5 rings (SSSR count). The number of thiazole rings is 1. The van der Waals surface area contributed by atoms with Gasteiger partial charge in [0, 0.05) is 23.9 Å². The predicted octanol–water partition coefficient (Wildman–Crippen LogP) is 3.81. The van der Waals surface area contributed by atoms with Gasteiger partial charge in [-0.2, -0.15) is 0 Å². The van der Waals surface area contributed by atoms with Crippen LogP contribution in [0.2, 0.25) is 0 Å². The summed E-state index contributed by atoms with van der Waals surface area (Å²) < 4.78 is 1.23. The van der Waals surface area contributed by atoms with E-state index in [9.17, 15) is 4.79 Å². The lowest BCUT2D eigenvalue weighted by Crippen LogP contribution is -3.11. The van der Waals surface area contributed by atoms with Gasteiger partial charge in [-0.15, -0.1) is 11.3 Å². The Bertz CT molecular complexity index is 1110. The molecule has 1 aliphatic heterocycles. The molecule has 4 nitrogen and oxygen atoms in total. The number of anilines is 1. The van der Waals surface area contributed by atoms with Crippen molar-refractivity contribution in [3.05, 3.63) is 71.7 Å². The van der Waals surface area contributed by atoms with Crippen molar-refractivity contribution in [2.75, 3.05) is 18.4 Å². The van der Waals surface area contributed by atoms with E-state index >= 15 is 0 Å². The highest BCUT2D eigenvalue weighted by molar-refractivity contribution is 7.18. The van der Waals surface area contributed by atoms with Crippen LogP contribution in [0.3, 0.4) is 0 Å². The molecule has 1 fully saturated rings. The van der Waals surface area contributed by atoms with E-state index in [1.807, 2.05) is 30.3 Å². The van der Waals surface area contributed by atoms with E-state index < -0.39 is 0 Å². The van der Waals surface area contributed by atoms with Crippen LogP contribution in [0.25, 0.3) is 21.0 Å². The number of aromatic nitrogens is 1. The van der Waals surface area contributed by atoms with Gasteiger partial charge in [-0.25, -0.2) is 4.98 Å². The van der Waals surface area contributed by atoms with E-state index in [1.54, 1.807) is 11.3 Å². The Morgan fingerprint density at radius 2 is 1.89 bits per heavy atom. The highest BCUT2D eigenvalue weighted by atomic mass is 32.1. The van der Waals surface area contributed by atoms with Gasteiger partial charge in [0.05, 0.1) is 16.8 Å². The van der Waals surface area contributed by atoms with Crippen molar-refractivity contribution in [1.29, 1.82) is 0 Å². The van der Waals surface area contributed by atoms with Crippen LogP contribution in [0.4, 0.5) is 5.69 Å². The summed E-state index contributed by atoms with van der Waals surface area (Å²) in [6.07, 6.45) is 2.23. The number of likely N-dealkylation sites (tertiary alicyclic amines) is 1. The van der Waals surface area contributed by atoms with Gasteiger partial charge in [0.1, 0.15) is 6.04 Å². The van der Waals surface area contributed by atoms with Gasteiger partial charge >= 0.3 is 0 Å². The van der Waals surface area contributed by atoms with Crippen LogP contribution < -0.4 is 10.2 Å². The van der Waals surface area contributed by atoms with Crippen molar-refractivity contribution in [2.24, 2.45) is 0 Å². The fourth-order valence-corrected chi connectivity index (χ4v) is 5.36. The molecule has 1 unspecified atom stereocenters. The van der Waals surface area contributed by atoms with Crippen LogP contribution in [0.15, 0.2) is 66.7 Å². The summed E-state index contributed by atoms with van der Waals surface area (Å²) in [5.41, 5.74) is 1.95. The largest absolute Gasteiger partial charge is 0.321 e. The number of hydrogen-bond acceptors (Lipinski definition) is 3. The second-order valence-electron chi connectivity index (χ2n) is 7.37. The van der Waals surface area contributed by atoms with Gasteiger partial charge in [0.2, 0.25) is 0 Å². The summed E-state index contributed by atoms with van der Waals surface area (Å²) in [5.74, 6) is 0.0689. The number of para-hydroxylation sites is 1. The average molecular weight is 389 g/mol. The van der Waals surface area contributed by atoms with Gasteiger partial charge in [0.15, 0.2) is 11.6 Å². The first-order valence-corrected chi connectivity index (χ1v) is 10.6. The third-order valence-electron chi connectivity index (χ3n) is 5.54. The number of hydrogen-bond donors (Lipinski definition) is 2. The average Bonchev–Trinajstić information content (AvgIpc) is 3.34. The zero-order chi connectivity index (χ0) is 18.9. The number of amides is 1. The van der Waals surface area contributed by atoms with E-state index in [-0.39, 0.29) is 5.91 Å². The first kappa shape index (κ1) is 17.3. The fraction of sp³-hybridized carbons (Fsp3) is 0.217. The number of nitrogens with zero attached hydrogens (tertiary/aromatic N) is 1. The standard InChI is InChI=1S/C23H21N3OS/c27-22(24-18-11-5-8-16-7-1-2-9-17(16)18)15-26-14-6-12-20(26)23-25-19-10-3-4-13-21(19)28-23/h1-5,7-11,13,20H,6,12,14-15H2,(H,24,27)/p+1/t20-/m0/s1. The molecule has 28 heavy (non-hydrogen) atoms. The zero-order valence-corrected chi connectivity index (χ0v) is 16.3. The highest BCUT2D eigenvalue weighted by Crippen LogP contribution is 2.28. The Balaban J connectivity index is 1.34. The number of quaternary nitrogens is 1. The molecule has 1 saturated heterocycles. The maximum atomic E-state index is 12.8. The topological polar surface area (TPSA) is 46.4 Å². The fourth-order valence-electron chi connectivity index (χ4n) is 4.20. The normalized spacial score (nSPS) is 19.3. The van der Waals surface area contributed by atoms with E-state index in [2.05, 4.69) is 41.7 Å². The lowest BCUT2D eigenvalue weighted by Gasteiger charge is -2.19. The number of rotatable bonds is 4. The van der Waals surface area contributed by atoms with Crippen molar-refractivity contribution in [3.63, 3.8) is 0 Å². The Hall–Kier alpha value is -2.76. The number of benzene rings is 3. The first-order valence-electron chi connectivity index (χ1n) is 9.75. The van der Waals surface area contributed by atoms with E-state index in [4.69, 9.17) is 4.98 Å². The lowest BCUT2D eigenvalue weighted by molar-refractivity contribution is -0.910. The van der Waals surface area contributed by atoms with Crippen LogP contribution in [-0.4, -0.2) is 24.0 Å². The van der Waals surface area contributed by atoms with Crippen molar-refractivity contribution < 1.29 is 9.69 Å². The predicted molar refractivity (Wildman–Crippen MR) is 115 cm³/mol. The molecule has 140 valence electrons. The summed E-state index contributed by atoms with van der Waals surface area (Å²) in [4.78, 5) is 19.0. The van der Waals surface area contributed by atoms with Crippen molar-refractivity contribution in [3.8, 4) is 0 Å². The molecule has 0 aliphatic carbocycles. The molecular formula is C23H22N3OS+. The van der Waals surface area contributed by atoms with E-state index in [1.165, 1.54) is 9.60 Å². The van der Waals surface area contributed by atoms with Gasteiger partial charge in [0.25, 0.3) is 5.91 Å². The number of nitrogens with one attached hydrogen (secondary N) is 2. The van der Waals surface area contributed by atoms with Crippen molar-refractivity contribution >= 4 is 43.9 Å². The van der Waals surface area contributed by atoms with Gasteiger partial charge in [-0.05, 0) is 23.6 Å². The van der Waals surface area contributed by atoms with Gasteiger partial charge in [-0.3, -0.25) is 4.79 Å². The molecule has 4 aromatic rings. The third kappa shape index (κ3) is 3.28. The molecule has 3 aromatic carbocycles. The molecule has 1 amide bonds. The Morgan fingerprint density at radius 3 is 2.82 bits per heavy atom. The zero-order valence-electron chi connectivity index (χ0n) is 15.5. The minimum atomic E-state index is 0.0689. The second kappa shape index (κ2) is 7.34. The monoisotopic (exact) mass is 388 g/mol. The molecule has 0 radical (unpaired) electrons. The molecule has 5 heteroatoms. The smallest absolute Gasteiger partial charge is 0.279 e. The molecule has 0 bridgehead atoms. The minimum Gasteiger partial charge on any atom is -0.321 e. The van der Waals surface area contributed by atoms with Crippen LogP contribution in [-0.2, 0) is 4.79 Å². The molecule has 2 N–H and O–H groups in total. The maximum absolute atomic E-state index is 12.8. The Kier molecular flexibility index (Phi) is 4.55. The van der Waals surface area contributed by atoms with Gasteiger partial charge < -0.3 is 10.2 Å². The highest BCUT2D eigenvalue weighted by Gasteiger charge is 2.34. The second-order valence-corrected chi connectivity index (χ2v) is 8.44. The molecule has 1 aliphatic rings.